The van der Waals surface area contributed by atoms with Gasteiger partial charge in [0.25, 0.3) is 0 Å². The van der Waals surface area contributed by atoms with E-state index in [0.717, 1.165) is 30.6 Å². The van der Waals surface area contributed by atoms with Crippen LogP contribution in [0, 0.1) is 23.7 Å². The Balaban J connectivity index is 1.55. The fraction of sp³-hybridized carbons (Fsp3) is 0.923. The van der Waals surface area contributed by atoms with Crippen molar-refractivity contribution >= 4 is 5.91 Å². The Hall–Kier alpha value is -0.530. The fourth-order valence-corrected chi connectivity index (χ4v) is 3.70. The lowest BCUT2D eigenvalue weighted by molar-refractivity contribution is -0.123. The van der Waals surface area contributed by atoms with Crippen LogP contribution >= 0.6 is 0 Å². The quantitative estimate of drug-likeness (QED) is 0.756. The molecule has 3 aliphatic rings. The molecule has 0 unspecified atom stereocenters. The van der Waals surface area contributed by atoms with Gasteiger partial charge in [-0.15, -0.1) is 0 Å². The van der Waals surface area contributed by atoms with Crippen LogP contribution in [0.2, 0.25) is 0 Å². The predicted octanol–water partition coefficient (Wildman–Crippen LogP) is 2.34. The van der Waals surface area contributed by atoms with E-state index in [0.29, 0.717) is 17.9 Å². The molecule has 3 saturated carbocycles. The number of nitrogens with one attached hydrogen (secondary N) is 1. The van der Waals surface area contributed by atoms with Crippen LogP contribution in [0.1, 0.15) is 45.4 Å². The van der Waals surface area contributed by atoms with Crippen molar-refractivity contribution in [2.45, 2.75) is 51.5 Å². The van der Waals surface area contributed by atoms with Gasteiger partial charge in [0.15, 0.2) is 0 Å². The SMILES string of the molecule is C[C@@H](NC(=O)C1CC1)[C@@H]1C[C@H]2CC[C@H]1C2. The molecule has 1 amide bonds. The summed E-state index contributed by atoms with van der Waals surface area (Å²) in [6.45, 7) is 2.21. The maximum Gasteiger partial charge on any atom is 0.223 e. The van der Waals surface area contributed by atoms with Gasteiger partial charge in [-0.1, -0.05) is 6.42 Å². The fourth-order valence-electron chi connectivity index (χ4n) is 3.70. The topological polar surface area (TPSA) is 29.1 Å². The first-order chi connectivity index (χ1) is 7.24. The molecule has 0 aliphatic heterocycles. The number of fused-ring (bicyclic) bond motifs is 2. The van der Waals surface area contributed by atoms with Crippen LogP contribution in [-0.2, 0) is 4.79 Å². The molecule has 2 heteroatoms. The van der Waals surface area contributed by atoms with E-state index in [-0.39, 0.29) is 0 Å². The first-order valence-electron chi connectivity index (χ1n) is 6.54. The maximum absolute atomic E-state index is 11.7. The number of hydrogen-bond donors (Lipinski definition) is 1. The van der Waals surface area contributed by atoms with Gasteiger partial charge in [0, 0.05) is 12.0 Å². The third-order valence-electron chi connectivity index (χ3n) is 4.75. The average molecular weight is 207 g/mol. The first kappa shape index (κ1) is 9.68. The normalized spacial score (nSPS) is 40.5. The van der Waals surface area contributed by atoms with Gasteiger partial charge in [-0.05, 0) is 56.8 Å². The Labute approximate surface area is 91.8 Å². The molecule has 3 rings (SSSR count). The van der Waals surface area contributed by atoms with Crippen molar-refractivity contribution in [3.63, 3.8) is 0 Å². The first-order valence-corrected chi connectivity index (χ1v) is 6.54. The van der Waals surface area contributed by atoms with Gasteiger partial charge in [0.1, 0.15) is 0 Å². The molecule has 0 heterocycles. The van der Waals surface area contributed by atoms with Crippen molar-refractivity contribution in [3.8, 4) is 0 Å². The molecule has 0 aromatic rings. The summed E-state index contributed by atoms with van der Waals surface area (Å²) in [6.07, 6.45) is 7.92. The average Bonchev–Trinajstić information content (AvgIpc) is 2.87. The minimum Gasteiger partial charge on any atom is -0.353 e. The molecule has 0 saturated heterocycles. The molecule has 84 valence electrons. The van der Waals surface area contributed by atoms with Crippen LogP contribution in [-0.4, -0.2) is 11.9 Å². The standard InChI is InChI=1S/C13H21NO/c1-8(14-13(15)10-4-5-10)12-7-9-2-3-11(12)6-9/h8-12H,2-7H2,1H3,(H,14,15)/t8-,9+,11+,12+/m1/s1. The summed E-state index contributed by atoms with van der Waals surface area (Å²) in [5.41, 5.74) is 0. The zero-order valence-corrected chi connectivity index (χ0v) is 9.54. The van der Waals surface area contributed by atoms with Crippen molar-refractivity contribution in [2.75, 3.05) is 0 Å². The molecule has 3 aliphatic carbocycles. The Bertz CT molecular complexity index is 272. The molecular weight excluding hydrogens is 186 g/mol. The maximum atomic E-state index is 11.7. The predicted molar refractivity (Wildman–Crippen MR) is 59.3 cm³/mol. The van der Waals surface area contributed by atoms with Crippen LogP contribution in [0.3, 0.4) is 0 Å². The highest BCUT2D eigenvalue weighted by atomic mass is 16.2. The molecule has 1 N–H and O–H groups in total. The van der Waals surface area contributed by atoms with E-state index in [1.807, 2.05) is 0 Å². The zero-order chi connectivity index (χ0) is 10.4. The smallest absolute Gasteiger partial charge is 0.223 e. The van der Waals surface area contributed by atoms with Crippen LogP contribution in [0.15, 0.2) is 0 Å². The lowest BCUT2D eigenvalue weighted by atomic mass is 9.84. The van der Waals surface area contributed by atoms with Crippen molar-refractivity contribution in [2.24, 2.45) is 23.7 Å². The lowest BCUT2D eigenvalue weighted by Crippen LogP contribution is -2.40. The summed E-state index contributed by atoms with van der Waals surface area (Å²) in [7, 11) is 0. The minimum atomic E-state index is 0.324. The number of hydrogen-bond acceptors (Lipinski definition) is 1. The van der Waals surface area contributed by atoms with Gasteiger partial charge in [0.2, 0.25) is 5.91 Å². The largest absolute Gasteiger partial charge is 0.353 e. The summed E-state index contributed by atoms with van der Waals surface area (Å²) in [5, 5.41) is 3.23. The lowest BCUT2D eigenvalue weighted by Gasteiger charge is -2.28. The third kappa shape index (κ3) is 1.79. The van der Waals surface area contributed by atoms with E-state index >= 15 is 0 Å². The van der Waals surface area contributed by atoms with Crippen molar-refractivity contribution < 1.29 is 4.79 Å². The van der Waals surface area contributed by atoms with Crippen molar-refractivity contribution in [1.29, 1.82) is 0 Å². The van der Waals surface area contributed by atoms with Crippen LogP contribution in [0.25, 0.3) is 0 Å². The molecule has 0 spiro atoms. The van der Waals surface area contributed by atoms with Gasteiger partial charge >= 0.3 is 0 Å². The second kappa shape index (κ2) is 3.50. The minimum absolute atomic E-state index is 0.324. The number of rotatable bonds is 3. The number of amides is 1. The summed E-state index contributed by atoms with van der Waals surface area (Å²) in [5.74, 6) is 3.38. The van der Waals surface area contributed by atoms with E-state index in [2.05, 4.69) is 12.2 Å². The van der Waals surface area contributed by atoms with Crippen molar-refractivity contribution in [3.05, 3.63) is 0 Å². The third-order valence-corrected chi connectivity index (χ3v) is 4.75. The Kier molecular flexibility index (Phi) is 2.26. The van der Waals surface area contributed by atoms with Crippen LogP contribution in [0.5, 0.6) is 0 Å². The van der Waals surface area contributed by atoms with Crippen molar-refractivity contribution in [1.82, 2.24) is 5.32 Å². The molecule has 15 heavy (non-hydrogen) atoms. The van der Waals surface area contributed by atoms with E-state index in [1.165, 1.54) is 25.7 Å². The second-order valence-electron chi connectivity index (χ2n) is 5.91. The number of carbonyl (C=O) groups excluding carboxylic acids is 1. The highest BCUT2D eigenvalue weighted by molar-refractivity contribution is 5.81. The van der Waals surface area contributed by atoms with Gasteiger partial charge in [-0.25, -0.2) is 0 Å². The molecule has 0 radical (unpaired) electrons. The summed E-state index contributed by atoms with van der Waals surface area (Å²) in [4.78, 5) is 11.7. The van der Waals surface area contributed by atoms with E-state index in [4.69, 9.17) is 0 Å². The molecular formula is C13H21NO. The summed E-state index contributed by atoms with van der Waals surface area (Å²) in [6, 6.07) is 0.424. The van der Waals surface area contributed by atoms with E-state index < -0.39 is 0 Å². The van der Waals surface area contributed by atoms with Gasteiger partial charge in [0.05, 0.1) is 0 Å². The highest BCUT2D eigenvalue weighted by Gasteiger charge is 2.42. The van der Waals surface area contributed by atoms with Crippen LogP contribution in [0.4, 0.5) is 0 Å². The van der Waals surface area contributed by atoms with Gasteiger partial charge in [-0.3, -0.25) is 4.79 Å². The molecule has 0 aromatic carbocycles. The molecule has 0 aromatic heterocycles. The Morgan fingerprint density at radius 2 is 2.00 bits per heavy atom. The molecule has 2 nitrogen and oxygen atoms in total. The molecule has 3 fully saturated rings. The Morgan fingerprint density at radius 1 is 1.20 bits per heavy atom. The number of carbonyl (C=O) groups is 1. The highest BCUT2D eigenvalue weighted by Crippen LogP contribution is 2.49. The zero-order valence-electron chi connectivity index (χ0n) is 9.54. The second-order valence-corrected chi connectivity index (χ2v) is 5.91. The molecule has 4 atom stereocenters. The van der Waals surface area contributed by atoms with E-state index in [9.17, 15) is 4.79 Å². The van der Waals surface area contributed by atoms with Gasteiger partial charge in [-0.2, -0.15) is 0 Å². The summed E-state index contributed by atoms with van der Waals surface area (Å²) < 4.78 is 0. The van der Waals surface area contributed by atoms with Crippen LogP contribution < -0.4 is 5.32 Å². The van der Waals surface area contributed by atoms with E-state index in [1.54, 1.807) is 0 Å². The Morgan fingerprint density at radius 3 is 2.53 bits per heavy atom. The monoisotopic (exact) mass is 207 g/mol. The van der Waals surface area contributed by atoms with Gasteiger partial charge < -0.3 is 5.32 Å². The molecule has 2 bridgehead atoms. The summed E-state index contributed by atoms with van der Waals surface area (Å²) >= 11 is 0.